The van der Waals surface area contributed by atoms with Crippen LogP contribution in [0.15, 0.2) is 18.2 Å². The number of halogens is 1. The Morgan fingerprint density at radius 1 is 1.50 bits per heavy atom. The molecule has 4 nitrogen and oxygen atoms in total. The van der Waals surface area contributed by atoms with Gasteiger partial charge in [-0.25, -0.2) is 0 Å². The summed E-state index contributed by atoms with van der Waals surface area (Å²) < 4.78 is 5.20. The fourth-order valence-corrected chi connectivity index (χ4v) is 2.21. The predicted molar refractivity (Wildman–Crippen MR) is 72.6 cm³/mol. The van der Waals surface area contributed by atoms with Gasteiger partial charge in [-0.3, -0.25) is 9.59 Å². The fraction of sp³-hybridized carbons (Fsp3) is 0.333. The number of likely N-dealkylation sites (N-methyl/N-ethyl adjacent to an activating group) is 1. The van der Waals surface area contributed by atoms with Gasteiger partial charge in [-0.2, -0.15) is 0 Å². The van der Waals surface area contributed by atoms with E-state index in [0.29, 0.717) is 10.9 Å². The molecule has 98 valence electrons. The van der Waals surface area contributed by atoms with E-state index < -0.39 is 5.97 Å². The van der Waals surface area contributed by atoms with Crippen molar-refractivity contribution in [2.75, 3.05) is 20.2 Å². The van der Waals surface area contributed by atoms with Crippen molar-refractivity contribution in [1.29, 1.82) is 0 Å². The number of carbonyl (C=O) groups excluding carboxylic acids is 2. The van der Waals surface area contributed by atoms with Crippen LogP contribution in [0.4, 0.5) is 0 Å². The molecule has 1 rings (SSSR count). The summed E-state index contributed by atoms with van der Waals surface area (Å²) in [6, 6.07) is 3.59. The first-order valence-electron chi connectivity index (χ1n) is 5.36. The zero-order chi connectivity index (χ0) is 13.5. The number of carbonyl (C=O) groups is 2. The minimum Gasteiger partial charge on any atom is -0.468 e. The van der Waals surface area contributed by atoms with Crippen LogP contribution in [0.3, 0.4) is 0 Å². The molecule has 0 fully saturated rings. The van der Waals surface area contributed by atoms with Crippen molar-refractivity contribution in [1.82, 2.24) is 4.90 Å². The molecule has 0 saturated carbocycles. The van der Waals surface area contributed by atoms with Crippen LogP contribution in [0.25, 0.3) is 6.08 Å². The van der Waals surface area contributed by atoms with E-state index in [1.54, 1.807) is 19.1 Å². The number of amides is 1. The second kappa shape index (κ2) is 7.18. The van der Waals surface area contributed by atoms with Crippen LogP contribution in [0.2, 0.25) is 4.34 Å². The quantitative estimate of drug-likeness (QED) is 0.617. The van der Waals surface area contributed by atoms with Crippen LogP contribution in [0, 0.1) is 0 Å². The molecule has 0 aliphatic heterocycles. The topological polar surface area (TPSA) is 46.6 Å². The Kier molecular flexibility index (Phi) is 5.88. The largest absolute Gasteiger partial charge is 0.468 e. The maximum atomic E-state index is 11.8. The average molecular weight is 288 g/mol. The van der Waals surface area contributed by atoms with E-state index in [1.165, 1.54) is 29.4 Å². The second-order valence-electron chi connectivity index (χ2n) is 3.40. The van der Waals surface area contributed by atoms with E-state index in [2.05, 4.69) is 4.74 Å². The first-order chi connectivity index (χ1) is 8.56. The van der Waals surface area contributed by atoms with Gasteiger partial charge in [0.05, 0.1) is 11.4 Å². The van der Waals surface area contributed by atoms with Gasteiger partial charge in [-0.1, -0.05) is 11.6 Å². The third-order valence-corrected chi connectivity index (χ3v) is 3.42. The van der Waals surface area contributed by atoms with E-state index >= 15 is 0 Å². The Morgan fingerprint density at radius 3 is 2.72 bits per heavy atom. The standard InChI is InChI=1S/C12H14ClNO3S/c1-3-14(8-12(16)17-2)11(15)7-5-9-4-6-10(13)18-9/h4-7H,3,8H2,1-2H3/b7-5+. The maximum Gasteiger partial charge on any atom is 0.325 e. The molecule has 1 aromatic heterocycles. The molecule has 0 unspecified atom stereocenters. The molecular formula is C12H14ClNO3S. The monoisotopic (exact) mass is 287 g/mol. The van der Waals surface area contributed by atoms with Gasteiger partial charge >= 0.3 is 5.97 Å². The molecule has 0 N–H and O–H groups in total. The van der Waals surface area contributed by atoms with Crippen molar-refractivity contribution in [3.05, 3.63) is 27.4 Å². The summed E-state index contributed by atoms with van der Waals surface area (Å²) in [5.41, 5.74) is 0. The average Bonchev–Trinajstić information content (AvgIpc) is 2.78. The van der Waals surface area contributed by atoms with Gasteiger partial charge in [0.15, 0.2) is 0 Å². The van der Waals surface area contributed by atoms with Crippen LogP contribution in [-0.2, 0) is 14.3 Å². The smallest absolute Gasteiger partial charge is 0.325 e. The molecular weight excluding hydrogens is 274 g/mol. The second-order valence-corrected chi connectivity index (χ2v) is 5.15. The number of ether oxygens (including phenoxy) is 1. The molecule has 0 bridgehead atoms. The summed E-state index contributed by atoms with van der Waals surface area (Å²) in [6.07, 6.45) is 3.10. The molecule has 0 saturated heterocycles. The summed E-state index contributed by atoms with van der Waals surface area (Å²) in [5.74, 6) is -0.662. The number of hydrogen-bond donors (Lipinski definition) is 0. The number of methoxy groups -OCH3 is 1. The van der Waals surface area contributed by atoms with E-state index in [1.807, 2.05) is 6.07 Å². The van der Waals surface area contributed by atoms with Gasteiger partial charge in [0.1, 0.15) is 6.54 Å². The molecule has 0 spiro atoms. The van der Waals surface area contributed by atoms with Crippen molar-refractivity contribution < 1.29 is 14.3 Å². The molecule has 0 aromatic carbocycles. The highest BCUT2D eigenvalue weighted by molar-refractivity contribution is 7.17. The Labute approximate surface area is 115 Å². The van der Waals surface area contributed by atoms with Gasteiger partial charge < -0.3 is 9.64 Å². The van der Waals surface area contributed by atoms with E-state index in [-0.39, 0.29) is 12.5 Å². The van der Waals surface area contributed by atoms with Gasteiger partial charge in [0, 0.05) is 17.5 Å². The zero-order valence-corrected chi connectivity index (χ0v) is 11.8. The molecule has 0 radical (unpaired) electrons. The molecule has 1 aromatic rings. The summed E-state index contributed by atoms with van der Waals surface area (Å²) in [6.45, 7) is 2.21. The Bertz CT molecular complexity index is 456. The van der Waals surface area contributed by atoms with E-state index in [4.69, 9.17) is 11.6 Å². The number of thiophene rings is 1. The summed E-state index contributed by atoms with van der Waals surface area (Å²) in [4.78, 5) is 25.2. The molecule has 0 aliphatic rings. The molecule has 18 heavy (non-hydrogen) atoms. The van der Waals surface area contributed by atoms with Crippen molar-refractivity contribution in [2.45, 2.75) is 6.92 Å². The lowest BCUT2D eigenvalue weighted by atomic mass is 10.3. The molecule has 0 aliphatic carbocycles. The molecule has 6 heteroatoms. The first-order valence-corrected chi connectivity index (χ1v) is 6.55. The van der Waals surface area contributed by atoms with Crippen LogP contribution >= 0.6 is 22.9 Å². The minimum absolute atomic E-state index is 0.0403. The van der Waals surface area contributed by atoms with Gasteiger partial charge in [-0.05, 0) is 25.1 Å². The Morgan fingerprint density at radius 2 is 2.22 bits per heavy atom. The van der Waals surface area contributed by atoms with Crippen molar-refractivity contribution in [2.24, 2.45) is 0 Å². The van der Waals surface area contributed by atoms with Crippen LogP contribution in [-0.4, -0.2) is 37.0 Å². The minimum atomic E-state index is -0.433. The molecule has 1 heterocycles. The maximum absolute atomic E-state index is 11.8. The first kappa shape index (κ1) is 14.7. The number of nitrogens with zero attached hydrogens (tertiary/aromatic N) is 1. The van der Waals surface area contributed by atoms with E-state index in [9.17, 15) is 9.59 Å². The highest BCUT2D eigenvalue weighted by Gasteiger charge is 2.13. The normalized spacial score (nSPS) is 10.6. The SMILES string of the molecule is CCN(CC(=O)OC)C(=O)/C=C/c1ccc(Cl)s1. The summed E-state index contributed by atoms with van der Waals surface area (Å²) in [7, 11) is 1.30. The van der Waals surface area contributed by atoms with Crippen LogP contribution < -0.4 is 0 Å². The fourth-order valence-electron chi connectivity index (χ4n) is 1.24. The van der Waals surface area contributed by atoms with E-state index in [0.717, 1.165) is 4.88 Å². The van der Waals surface area contributed by atoms with Crippen LogP contribution in [0.5, 0.6) is 0 Å². The van der Waals surface area contributed by atoms with Gasteiger partial charge in [-0.15, -0.1) is 11.3 Å². The number of esters is 1. The van der Waals surface area contributed by atoms with Gasteiger partial charge in [0.25, 0.3) is 0 Å². The summed E-state index contributed by atoms with van der Waals surface area (Å²) >= 11 is 7.16. The lowest BCUT2D eigenvalue weighted by molar-refractivity contribution is -0.145. The molecule has 0 atom stereocenters. The number of hydrogen-bond acceptors (Lipinski definition) is 4. The number of rotatable bonds is 5. The lowest BCUT2D eigenvalue weighted by Gasteiger charge is -2.17. The van der Waals surface area contributed by atoms with Gasteiger partial charge in [0.2, 0.25) is 5.91 Å². The van der Waals surface area contributed by atoms with Crippen LogP contribution in [0.1, 0.15) is 11.8 Å². The highest BCUT2D eigenvalue weighted by Crippen LogP contribution is 2.22. The Hall–Kier alpha value is -1.33. The highest BCUT2D eigenvalue weighted by atomic mass is 35.5. The van der Waals surface area contributed by atoms with Crippen molar-refractivity contribution >= 4 is 40.9 Å². The Balaban J connectivity index is 2.62. The molecule has 1 amide bonds. The van der Waals surface area contributed by atoms with Crippen molar-refractivity contribution in [3.63, 3.8) is 0 Å². The summed E-state index contributed by atoms with van der Waals surface area (Å²) in [5, 5.41) is 0. The third-order valence-electron chi connectivity index (χ3n) is 2.23. The lowest BCUT2D eigenvalue weighted by Crippen LogP contribution is -2.34. The zero-order valence-electron chi connectivity index (χ0n) is 10.2. The third kappa shape index (κ3) is 4.50. The van der Waals surface area contributed by atoms with Crippen molar-refractivity contribution in [3.8, 4) is 0 Å². The predicted octanol–water partition coefficient (Wildman–Crippen LogP) is 2.44.